The van der Waals surface area contributed by atoms with E-state index in [4.69, 9.17) is 0 Å². The van der Waals surface area contributed by atoms with E-state index in [1.807, 2.05) is 0 Å². The molecule has 0 fully saturated rings. The lowest BCUT2D eigenvalue weighted by Crippen LogP contribution is -2.27. The molecule has 1 heteroatoms. The summed E-state index contributed by atoms with van der Waals surface area (Å²) in [5.41, 5.74) is 6.64. The van der Waals surface area contributed by atoms with Crippen molar-refractivity contribution in [2.75, 3.05) is 11.4 Å². The van der Waals surface area contributed by atoms with Crippen molar-refractivity contribution in [2.24, 2.45) is 0 Å². The van der Waals surface area contributed by atoms with Crippen LogP contribution >= 0.6 is 0 Å². The molecule has 1 aliphatic rings. The molecule has 0 spiro atoms. The summed E-state index contributed by atoms with van der Waals surface area (Å²) in [7, 11) is 0. The van der Waals surface area contributed by atoms with E-state index in [1.165, 1.54) is 28.0 Å². The zero-order chi connectivity index (χ0) is 15.5. The summed E-state index contributed by atoms with van der Waals surface area (Å²) in [5, 5.41) is 0. The summed E-state index contributed by atoms with van der Waals surface area (Å²) in [6, 6.07) is 30.0. The minimum absolute atomic E-state index is 0.933. The highest BCUT2D eigenvalue weighted by Crippen LogP contribution is 2.33. The number of para-hydroxylation sites is 1. The van der Waals surface area contributed by atoms with Crippen LogP contribution in [0.2, 0.25) is 0 Å². The Morgan fingerprint density at radius 3 is 2.13 bits per heavy atom. The van der Waals surface area contributed by atoms with Crippen molar-refractivity contribution >= 4 is 17.3 Å². The Hall–Kier alpha value is -2.80. The fourth-order valence-electron chi connectivity index (χ4n) is 3.19. The van der Waals surface area contributed by atoms with Gasteiger partial charge in [0.1, 0.15) is 0 Å². The first-order valence-corrected chi connectivity index (χ1v) is 8.04. The molecule has 23 heavy (non-hydrogen) atoms. The SMILES string of the molecule is C1=C(c2ccccc2)CN(Cc2ccccc2)c2ccccc21. The molecule has 0 amide bonds. The lowest BCUT2D eigenvalue weighted by molar-refractivity contribution is 0.869. The molecular weight excluding hydrogens is 278 g/mol. The minimum atomic E-state index is 0.933. The Bertz CT molecular complexity index is 819. The maximum absolute atomic E-state index is 2.47. The van der Waals surface area contributed by atoms with Gasteiger partial charge in [-0.2, -0.15) is 0 Å². The van der Waals surface area contributed by atoms with E-state index in [9.17, 15) is 0 Å². The molecule has 3 aromatic carbocycles. The van der Waals surface area contributed by atoms with Crippen molar-refractivity contribution in [1.82, 2.24) is 0 Å². The minimum Gasteiger partial charge on any atom is -0.362 e. The number of fused-ring (bicyclic) bond motifs is 1. The molecule has 1 aliphatic heterocycles. The average molecular weight is 297 g/mol. The summed E-state index contributed by atoms with van der Waals surface area (Å²) < 4.78 is 0. The normalized spacial score (nSPS) is 13.4. The predicted molar refractivity (Wildman–Crippen MR) is 98.2 cm³/mol. The molecule has 0 N–H and O–H groups in total. The lowest BCUT2D eigenvalue weighted by Gasteiger charge is -2.31. The van der Waals surface area contributed by atoms with Crippen molar-refractivity contribution in [3.8, 4) is 0 Å². The van der Waals surface area contributed by atoms with Crippen LogP contribution < -0.4 is 4.90 Å². The number of nitrogens with zero attached hydrogens (tertiary/aromatic N) is 1. The zero-order valence-corrected chi connectivity index (χ0v) is 13.0. The molecule has 1 heterocycles. The Morgan fingerprint density at radius 2 is 1.35 bits per heavy atom. The zero-order valence-electron chi connectivity index (χ0n) is 13.0. The number of hydrogen-bond donors (Lipinski definition) is 0. The second kappa shape index (κ2) is 6.13. The standard InChI is InChI=1S/C22H19N/c1-3-9-18(10-4-1)16-23-17-21(19-11-5-2-6-12-19)15-20-13-7-8-14-22(20)23/h1-15H,16-17H2. The van der Waals surface area contributed by atoms with Gasteiger partial charge < -0.3 is 4.90 Å². The van der Waals surface area contributed by atoms with E-state index in [0.717, 1.165) is 13.1 Å². The third-order valence-electron chi connectivity index (χ3n) is 4.33. The van der Waals surface area contributed by atoms with E-state index >= 15 is 0 Å². The average Bonchev–Trinajstić information content (AvgIpc) is 2.63. The monoisotopic (exact) mass is 297 g/mol. The molecule has 0 aromatic heterocycles. The van der Waals surface area contributed by atoms with E-state index in [2.05, 4.69) is 95.9 Å². The highest BCUT2D eigenvalue weighted by molar-refractivity contribution is 5.91. The van der Waals surface area contributed by atoms with Crippen LogP contribution in [0.5, 0.6) is 0 Å². The molecule has 3 aromatic rings. The Morgan fingerprint density at radius 1 is 0.696 bits per heavy atom. The molecule has 0 radical (unpaired) electrons. The first kappa shape index (κ1) is 13.8. The summed E-state index contributed by atoms with van der Waals surface area (Å²) in [6.45, 7) is 1.87. The van der Waals surface area contributed by atoms with Crippen molar-refractivity contribution in [3.63, 3.8) is 0 Å². The maximum Gasteiger partial charge on any atom is 0.0445 e. The Balaban J connectivity index is 1.72. The summed E-state index contributed by atoms with van der Waals surface area (Å²) >= 11 is 0. The number of hydrogen-bond acceptors (Lipinski definition) is 1. The van der Waals surface area contributed by atoms with E-state index < -0.39 is 0 Å². The number of benzene rings is 3. The summed E-state index contributed by atoms with van der Waals surface area (Å²) in [5.74, 6) is 0. The van der Waals surface area contributed by atoms with E-state index in [-0.39, 0.29) is 0 Å². The van der Waals surface area contributed by atoms with Crippen molar-refractivity contribution in [2.45, 2.75) is 6.54 Å². The van der Waals surface area contributed by atoms with Crippen LogP contribution in [0.1, 0.15) is 16.7 Å². The smallest absolute Gasteiger partial charge is 0.0445 e. The third-order valence-corrected chi connectivity index (χ3v) is 4.33. The molecule has 1 nitrogen and oxygen atoms in total. The molecule has 0 unspecified atom stereocenters. The van der Waals surface area contributed by atoms with Crippen LogP contribution in [0.3, 0.4) is 0 Å². The van der Waals surface area contributed by atoms with Gasteiger partial charge in [0.15, 0.2) is 0 Å². The van der Waals surface area contributed by atoms with Gasteiger partial charge in [0.05, 0.1) is 0 Å². The second-order valence-electron chi connectivity index (χ2n) is 5.94. The number of anilines is 1. The molecule has 0 aliphatic carbocycles. The van der Waals surface area contributed by atoms with E-state index in [1.54, 1.807) is 0 Å². The second-order valence-corrected chi connectivity index (χ2v) is 5.94. The van der Waals surface area contributed by atoms with Gasteiger partial charge in [-0.15, -0.1) is 0 Å². The third kappa shape index (κ3) is 2.91. The molecule has 0 atom stereocenters. The topological polar surface area (TPSA) is 3.24 Å². The molecule has 0 saturated heterocycles. The Labute approximate surface area is 137 Å². The van der Waals surface area contributed by atoms with Crippen molar-refractivity contribution in [1.29, 1.82) is 0 Å². The summed E-state index contributed by atoms with van der Waals surface area (Å²) in [6.07, 6.45) is 2.33. The molecule has 112 valence electrons. The van der Waals surface area contributed by atoms with E-state index in [0.29, 0.717) is 0 Å². The highest BCUT2D eigenvalue weighted by atomic mass is 15.1. The van der Waals surface area contributed by atoms with Crippen LogP contribution in [0.4, 0.5) is 5.69 Å². The van der Waals surface area contributed by atoms with Gasteiger partial charge in [-0.25, -0.2) is 0 Å². The Kier molecular flexibility index (Phi) is 3.69. The molecular formula is C22H19N. The highest BCUT2D eigenvalue weighted by Gasteiger charge is 2.18. The van der Waals surface area contributed by atoms with Gasteiger partial charge in [0, 0.05) is 18.8 Å². The molecule has 0 bridgehead atoms. The van der Waals surface area contributed by atoms with Gasteiger partial charge in [-0.1, -0.05) is 78.9 Å². The van der Waals surface area contributed by atoms with Crippen LogP contribution in [0, 0.1) is 0 Å². The first-order valence-electron chi connectivity index (χ1n) is 8.04. The van der Waals surface area contributed by atoms with Gasteiger partial charge in [-0.3, -0.25) is 0 Å². The van der Waals surface area contributed by atoms with Gasteiger partial charge in [0.2, 0.25) is 0 Å². The first-order chi connectivity index (χ1) is 11.4. The van der Waals surface area contributed by atoms with Crippen LogP contribution in [-0.4, -0.2) is 6.54 Å². The van der Waals surface area contributed by atoms with Crippen LogP contribution in [0.15, 0.2) is 84.9 Å². The molecule has 0 saturated carbocycles. The van der Waals surface area contributed by atoms with Crippen LogP contribution in [0.25, 0.3) is 11.6 Å². The largest absolute Gasteiger partial charge is 0.362 e. The van der Waals surface area contributed by atoms with Crippen LogP contribution in [-0.2, 0) is 6.54 Å². The predicted octanol–water partition coefficient (Wildman–Crippen LogP) is 5.25. The van der Waals surface area contributed by atoms with Gasteiger partial charge in [0.25, 0.3) is 0 Å². The maximum atomic E-state index is 2.47. The fraction of sp³-hybridized carbons (Fsp3) is 0.0909. The quantitative estimate of drug-likeness (QED) is 0.638. The molecule has 4 rings (SSSR count). The van der Waals surface area contributed by atoms with Crippen molar-refractivity contribution < 1.29 is 0 Å². The number of rotatable bonds is 3. The van der Waals surface area contributed by atoms with Gasteiger partial charge in [-0.05, 0) is 34.4 Å². The van der Waals surface area contributed by atoms with Crippen molar-refractivity contribution in [3.05, 3.63) is 102 Å². The summed E-state index contributed by atoms with van der Waals surface area (Å²) in [4.78, 5) is 2.47. The lowest BCUT2D eigenvalue weighted by atomic mass is 9.96. The van der Waals surface area contributed by atoms with Gasteiger partial charge >= 0.3 is 0 Å². The fourth-order valence-corrected chi connectivity index (χ4v) is 3.19.